The first-order chi connectivity index (χ1) is 53.3. The average Bonchev–Trinajstić information content (AvgIpc) is 0.916. The van der Waals surface area contributed by atoms with Crippen LogP contribution in [0.4, 0.5) is 34.2 Å². The lowest BCUT2D eigenvalue weighted by molar-refractivity contribution is -0.155. The summed E-state index contributed by atoms with van der Waals surface area (Å²) in [6.07, 6.45) is 2.54. The maximum absolute atomic E-state index is 13.6. The molecule has 0 saturated carbocycles. The second-order valence-corrected chi connectivity index (χ2v) is 31.1. The fraction of sp³-hybridized carbons (Fsp3) is 0.458. The Hall–Kier alpha value is -10.4. The number of anilines is 3. The second kappa shape index (κ2) is 37.3. The summed E-state index contributed by atoms with van der Waals surface area (Å²) in [6, 6.07) is 10.5. The number of nitrogens with one attached hydrogen (secondary N) is 3. The molecule has 9 heterocycles. The predicted octanol–water partition coefficient (Wildman–Crippen LogP) is 5.08. The molecule has 0 radical (unpaired) electrons. The summed E-state index contributed by atoms with van der Waals surface area (Å²) < 4.78 is 29.7. The molecule has 40 heteroatoms. The minimum absolute atomic E-state index is 0.0000156. The van der Waals surface area contributed by atoms with Gasteiger partial charge in [-0.25, -0.2) is 29.3 Å². The first kappa shape index (κ1) is 84.1. The van der Waals surface area contributed by atoms with Gasteiger partial charge in [0, 0.05) is 111 Å². The molecule has 3 aromatic carbocycles. The number of nitrogens with zero attached hydrogens (tertiary/aromatic N) is 9. The molecule has 112 heavy (non-hydrogen) atoms. The number of benzene rings is 3. The number of rotatable bonds is 23. The second-order valence-electron chi connectivity index (χ2n) is 28.5. The van der Waals surface area contributed by atoms with Gasteiger partial charge in [0.25, 0.3) is 0 Å². The van der Waals surface area contributed by atoms with Gasteiger partial charge < -0.3 is 76.9 Å². The van der Waals surface area contributed by atoms with E-state index in [4.69, 9.17) is 31.2 Å². The van der Waals surface area contributed by atoms with Crippen LogP contribution in [0, 0.1) is 13.8 Å². The highest BCUT2D eigenvalue weighted by atomic mass is 32.1. The summed E-state index contributed by atoms with van der Waals surface area (Å²) >= 11 is 3.29. The van der Waals surface area contributed by atoms with Crippen LogP contribution in [0.3, 0.4) is 0 Å². The zero-order valence-electron chi connectivity index (χ0n) is 62.8. The number of aryl methyl sites for hydroxylation is 2. The number of carbonyl (C=O) groups is 12. The monoisotopic (exact) mass is 1600 g/mol. The Kier molecular flexibility index (Phi) is 28.0. The third-order valence-electron chi connectivity index (χ3n) is 19.9. The Balaban J connectivity index is 0.000000178. The van der Waals surface area contributed by atoms with Gasteiger partial charge in [0.2, 0.25) is 0 Å². The molecule has 3 aromatic heterocycles. The van der Waals surface area contributed by atoms with Crippen LogP contribution in [0.1, 0.15) is 148 Å². The highest BCUT2D eigenvalue weighted by molar-refractivity contribution is 7.14. The number of urea groups is 3. The Labute approximate surface area is 657 Å². The van der Waals surface area contributed by atoms with Crippen LogP contribution in [0.25, 0.3) is 0 Å². The molecular formula is C72H89B3FN15O18S3. The summed E-state index contributed by atoms with van der Waals surface area (Å²) in [7, 11) is -3.65. The quantitative estimate of drug-likeness (QED) is 0.0298. The maximum Gasteiger partial charge on any atom is 0.526 e. The summed E-state index contributed by atoms with van der Waals surface area (Å²) in [5, 5.41) is 44.8. The zero-order valence-corrected chi connectivity index (χ0v) is 65.3. The lowest BCUT2D eigenvalue weighted by Crippen LogP contribution is -2.60. The van der Waals surface area contributed by atoms with Crippen molar-refractivity contribution in [2.24, 2.45) is 0 Å². The van der Waals surface area contributed by atoms with E-state index in [1.807, 2.05) is 89.2 Å². The van der Waals surface area contributed by atoms with E-state index in [0.717, 1.165) is 94.9 Å². The number of para-hydroxylation sites is 3. The predicted molar refractivity (Wildman–Crippen MR) is 414 cm³/mol. The van der Waals surface area contributed by atoms with Gasteiger partial charge in [-0.3, -0.25) is 62.2 Å². The third kappa shape index (κ3) is 19.7. The van der Waals surface area contributed by atoms with Gasteiger partial charge in [-0.05, 0) is 99.1 Å². The number of ketones is 3. The first-order valence-corrected chi connectivity index (χ1v) is 39.3. The van der Waals surface area contributed by atoms with E-state index in [9.17, 15) is 77.0 Å². The van der Waals surface area contributed by atoms with Crippen molar-refractivity contribution < 1.29 is 91.0 Å². The van der Waals surface area contributed by atoms with Crippen molar-refractivity contribution in [2.75, 3.05) is 76.2 Å². The number of amides is 12. The fourth-order valence-corrected chi connectivity index (χ4v) is 15.6. The van der Waals surface area contributed by atoms with Gasteiger partial charge in [-0.2, -0.15) is 0 Å². The van der Waals surface area contributed by atoms with Crippen LogP contribution < -0.4 is 47.1 Å². The van der Waals surface area contributed by atoms with E-state index in [1.54, 1.807) is 24.6 Å². The molecule has 0 aliphatic carbocycles. The topological polar surface area (TPSA) is 465 Å². The minimum atomic E-state index is -1.26. The standard InChI is InChI=1S/C26H34BN5O6S.C23H27BFN5O6S.C23H28BN5O6S/c1-4-5-9-31-10-11-32(24(35)23(31)34)26(36)30-21(19-14-39-25(28)29-19)20(33)13-17-12-16-7-6-8-18(15(2)3)22(16)38-27(17)37;1-13-4-2-5-14-10-15(24(35)36-19(13)14)11-17(31)18(16-12-37-22(26)27-16)28-23(34)30-9-8-29(7-3-6-25)20(32)21(30)33;1-12(2)28-7-8-29(21(32)20(28)31)23(33)27-18(16-11-36-22(25)26-16)17(30)10-15-9-14-6-4-5-13(3)19(14)35-24(15)34/h6-8,14-15,17,21,37H,4-5,9-13H2,1-3H3,(H2,28,29)(H,30,36);2,4-5,12,15,18,35H,3,6-11H2,1H3,(H2,26,27)(H,28,34);4-6,11-12,15,18,34H,7-10H2,1-3H3,(H2,25,26)(H,27,33)/t17-,21?;2*15-,18?/m111/s1. The number of imide groups is 3. The van der Waals surface area contributed by atoms with Gasteiger partial charge in [0.1, 0.15) is 35.4 Å². The van der Waals surface area contributed by atoms with Gasteiger partial charge >= 0.3 is 74.9 Å². The van der Waals surface area contributed by atoms with E-state index in [2.05, 4.69) is 30.9 Å². The van der Waals surface area contributed by atoms with E-state index >= 15 is 0 Å². The van der Waals surface area contributed by atoms with Crippen molar-refractivity contribution in [3.05, 3.63) is 121 Å². The molecule has 3 unspecified atom stereocenters. The normalized spacial score (nSPS) is 18.4. The minimum Gasteiger partial charge on any atom is -0.536 e. The maximum atomic E-state index is 13.6. The molecule has 6 aliphatic rings. The summed E-state index contributed by atoms with van der Waals surface area (Å²) in [5.74, 6) is -6.38. The Bertz CT molecular complexity index is 4550. The van der Waals surface area contributed by atoms with Crippen LogP contribution in [-0.2, 0) is 62.4 Å². The molecule has 0 spiro atoms. The van der Waals surface area contributed by atoms with Gasteiger partial charge in [-0.15, -0.1) is 34.0 Å². The third-order valence-corrected chi connectivity index (χ3v) is 22.0. The number of aromatic nitrogens is 3. The number of fused-ring (bicyclic) bond motifs is 3. The van der Waals surface area contributed by atoms with E-state index in [-0.39, 0.29) is 116 Å². The number of nitrogens with two attached hydrogens (primary N) is 3. The number of carbonyl (C=O) groups excluding carboxylic acids is 12. The first-order valence-electron chi connectivity index (χ1n) is 36.7. The highest BCUT2D eigenvalue weighted by Gasteiger charge is 2.46. The van der Waals surface area contributed by atoms with Gasteiger partial charge in [0.05, 0.1) is 23.8 Å². The van der Waals surface area contributed by atoms with Gasteiger partial charge in [0.15, 0.2) is 32.7 Å². The van der Waals surface area contributed by atoms with E-state index in [1.165, 1.54) is 20.1 Å². The molecule has 6 aliphatic heterocycles. The number of hydrogen-bond acceptors (Lipinski definition) is 27. The molecule has 12 N–H and O–H groups in total. The van der Waals surface area contributed by atoms with Crippen LogP contribution >= 0.6 is 34.0 Å². The zero-order chi connectivity index (χ0) is 81.1. The Morgan fingerprint density at radius 1 is 0.509 bits per heavy atom. The van der Waals surface area contributed by atoms with Crippen molar-refractivity contribution in [1.29, 1.82) is 0 Å². The number of Topliss-reactive ketones (excluding diaryl/α,β-unsaturated/α-hetero) is 3. The Morgan fingerprint density at radius 3 is 1.21 bits per heavy atom. The number of halogens is 1. The molecule has 33 nitrogen and oxygen atoms in total. The molecule has 6 aromatic rings. The van der Waals surface area contributed by atoms with Crippen LogP contribution in [-0.4, -0.2) is 217 Å². The fourth-order valence-electron chi connectivity index (χ4n) is 13.9. The molecule has 3 saturated heterocycles. The molecule has 12 amide bonds. The van der Waals surface area contributed by atoms with Gasteiger partial charge in [-0.1, -0.05) is 81.8 Å². The van der Waals surface area contributed by atoms with Crippen molar-refractivity contribution in [1.82, 2.24) is 60.3 Å². The largest absolute Gasteiger partial charge is 0.536 e. The lowest BCUT2D eigenvalue weighted by atomic mass is 9.64. The smallest absolute Gasteiger partial charge is 0.526 e. The number of piperazine rings is 3. The van der Waals surface area contributed by atoms with Crippen molar-refractivity contribution in [3.8, 4) is 17.2 Å². The molecule has 12 rings (SSSR count). The lowest BCUT2D eigenvalue weighted by Gasteiger charge is -2.35. The van der Waals surface area contributed by atoms with Crippen molar-refractivity contribution in [2.45, 2.75) is 154 Å². The van der Waals surface area contributed by atoms with E-state index < -0.39 is 134 Å². The number of nitrogen functional groups attached to an aromatic ring is 3. The molecule has 0 bridgehead atoms. The number of thiazole rings is 3. The van der Waals surface area contributed by atoms with Crippen molar-refractivity contribution >= 4 is 142 Å². The van der Waals surface area contributed by atoms with Crippen LogP contribution in [0.2, 0.25) is 17.5 Å². The van der Waals surface area contributed by atoms with Crippen LogP contribution in [0.15, 0.2) is 70.7 Å². The van der Waals surface area contributed by atoms with E-state index in [0.29, 0.717) is 43.1 Å². The molecule has 6 atom stereocenters. The Morgan fingerprint density at radius 2 is 0.857 bits per heavy atom. The molecule has 3 fully saturated rings. The summed E-state index contributed by atoms with van der Waals surface area (Å²) in [5.41, 5.74) is 23.3. The van der Waals surface area contributed by atoms with Crippen LogP contribution in [0.5, 0.6) is 17.2 Å². The number of hydrogen-bond donors (Lipinski definition) is 9. The SMILES string of the molecule is CCCCN1CCN(C(=O)NC(C(=O)C[C@H]2Cc3cccc(C(C)C)c3OB2O)c2csc(N)n2)C(=O)C1=O.Cc1cccc2c1OB(O)[C@@H](CC(=O)C(NC(=O)N1CCN(C(C)C)C(=O)C1=O)c1csc(N)n1)C2.Cc1cccc2c1OB(O)[C@@H](CC(=O)C(NC(=O)N1CCN(CCCF)C(=O)C1=O)c1csc(N)n1)C2. The summed E-state index contributed by atoms with van der Waals surface area (Å²) in [6.45, 7) is 13.7. The highest BCUT2D eigenvalue weighted by Crippen LogP contribution is 2.42. The average molecular weight is 1600 g/mol. The molecular weight excluding hydrogens is 1510 g/mol. The number of unbranched alkanes of at least 4 members (excludes halogenated alkanes) is 1. The molecule has 594 valence electrons. The van der Waals surface area contributed by atoms with Crippen molar-refractivity contribution in [3.63, 3.8) is 0 Å². The summed E-state index contributed by atoms with van der Waals surface area (Å²) in [4.78, 5) is 173. The number of alkyl halides is 1.